The van der Waals surface area contributed by atoms with Crippen molar-refractivity contribution in [3.05, 3.63) is 65.5 Å². The third kappa shape index (κ3) is 4.60. The van der Waals surface area contributed by atoms with Gasteiger partial charge in [-0.3, -0.25) is 4.79 Å². The molecule has 112 valence electrons. The Morgan fingerprint density at radius 2 is 1.91 bits per heavy atom. The summed E-state index contributed by atoms with van der Waals surface area (Å²) < 4.78 is 18.7. The van der Waals surface area contributed by atoms with Gasteiger partial charge in [-0.1, -0.05) is 18.2 Å². The van der Waals surface area contributed by atoms with Crippen molar-refractivity contribution < 1.29 is 13.9 Å². The predicted molar refractivity (Wildman–Crippen MR) is 79.8 cm³/mol. The topological polar surface area (TPSA) is 62.1 Å². The first-order valence-electron chi connectivity index (χ1n) is 6.82. The lowest BCUT2D eigenvalue weighted by Crippen LogP contribution is -2.30. The molecule has 0 aliphatic heterocycles. The van der Waals surface area contributed by atoms with Crippen LogP contribution in [0.25, 0.3) is 0 Å². The molecule has 0 fully saturated rings. The van der Waals surface area contributed by atoms with Gasteiger partial charge in [-0.15, -0.1) is 0 Å². The Morgan fingerprint density at radius 3 is 2.59 bits per heavy atom. The average molecular weight is 298 g/mol. The predicted octanol–water partition coefficient (Wildman–Crippen LogP) is 2.44. The molecule has 0 atom stereocenters. The Bertz CT molecular complexity index is 678. The second kappa shape index (κ2) is 7.79. The second-order valence-electron chi connectivity index (χ2n) is 4.62. The Kier molecular flexibility index (Phi) is 5.50. The monoisotopic (exact) mass is 298 g/mol. The van der Waals surface area contributed by atoms with Gasteiger partial charge in [0.25, 0.3) is 5.91 Å². The summed E-state index contributed by atoms with van der Waals surface area (Å²) >= 11 is 0. The van der Waals surface area contributed by atoms with Crippen molar-refractivity contribution in [1.82, 2.24) is 5.32 Å². The van der Waals surface area contributed by atoms with Crippen LogP contribution < -0.4 is 10.1 Å². The molecule has 0 saturated heterocycles. The van der Waals surface area contributed by atoms with Crippen molar-refractivity contribution in [1.29, 1.82) is 5.26 Å². The van der Waals surface area contributed by atoms with E-state index >= 15 is 0 Å². The molecule has 5 heteroatoms. The molecule has 0 unspecified atom stereocenters. The molecule has 0 aromatic heterocycles. The zero-order valence-electron chi connectivity index (χ0n) is 11.9. The lowest BCUT2D eigenvalue weighted by Gasteiger charge is -2.08. The molecule has 4 nitrogen and oxygen atoms in total. The molecule has 2 aromatic rings. The van der Waals surface area contributed by atoms with E-state index in [1.165, 1.54) is 6.07 Å². The number of nitriles is 1. The number of carbonyl (C=O) groups excluding carboxylic acids is 1. The first-order valence-corrected chi connectivity index (χ1v) is 6.82. The van der Waals surface area contributed by atoms with Crippen molar-refractivity contribution in [2.24, 2.45) is 0 Å². The summed E-state index contributed by atoms with van der Waals surface area (Å²) in [5.41, 5.74) is 1.09. The normalized spacial score (nSPS) is 9.82. The van der Waals surface area contributed by atoms with Crippen LogP contribution in [-0.2, 0) is 11.2 Å². The molecule has 0 spiro atoms. The maximum Gasteiger partial charge on any atom is 0.257 e. The molecule has 0 heterocycles. The summed E-state index contributed by atoms with van der Waals surface area (Å²) in [7, 11) is 0. The Labute approximate surface area is 128 Å². The Balaban J connectivity index is 1.72. The first kappa shape index (κ1) is 15.5. The van der Waals surface area contributed by atoms with Crippen LogP contribution in [0.5, 0.6) is 5.75 Å². The molecular formula is C17H15FN2O2. The largest absolute Gasteiger partial charge is 0.484 e. The van der Waals surface area contributed by atoms with E-state index in [0.717, 1.165) is 0 Å². The van der Waals surface area contributed by atoms with E-state index < -0.39 is 0 Å². The molecule has 2 aromatic carbocycles. The summed E-state index contributed by atoms with van der Waals surface area (Å²) in [6, 6.07) is 15.0. The highest BCUT2D eigenvalue weighted by molar-refractivity contribution is 5.77. The summed E-state index contributed by atoms with van der Waals surface area (Å²) in [5.74, 6) is -0.0328. The number of rotatable bonds is 6. The van der Waals surface area contributed by atoms with Gasteiger partial charge in [0.2, 0.25) is 0 Å². The van der Waals surface area contributed by atoms with Crippen molar-refractivity contribution in [2.45, 2.75) is 6.42 Å². The lowest BCUT2D eigenvalue weighted by atomic mass is 10.1. The number of ether oxygens (including phenoxy) is 1. The van der Waals surface area contributed by atoms with E-state index in [1.807, 2.05) is 6.07 Å². The number of carbonyl (C=O) groups is 1. The van der Waals surface area contributed by atoms with Gasteiger partial charge in [0.1, 0.15) is 11.6 Å². The number of halogens is 1. The quantitative estimate of drug-likeness (QED) is 0.891. The van der Waals surface area contributed by atoms with Crippen molar-refractivity contribution in [2.75, 3.05) is 13.2 Å². The maximum atomic E-state index is 13.4. The van der Waals surface area contributed by atoms with Crippen LogP contribution in [0.3, 0.4) is 0 Å². The van der Waals surface area contributed by atoms with Gasteiger partial charge in [0.15, 0.2) is 6.61 Å². The van der Waals surface area contributed by atoms with E-state index in [2.05, 4.69) is 5.32 Å². The smallest absolute Gasteiger partial charge is 0.257 e. The van der Waals surface area contributed by atoms with Crippen LogP contribution in [0, 0.1) is 17.1 Å². The third-order valence-corrected chi connectivity index (χ3v) is 3.03. The fourth-order valence-corrected chi connectivity index (χ4v) is 1.86. The zero-order chi connectivity index (χ0) is 15.8. The Hall–Kier alpha value is -2.87. The summed E-state index contributed by atoms with van der Waals surface area (Å²) in [6.45, 7) is 0.222. The Morgan fingerprint density at radius 1 is 1.18 bits per heavy atom. The van der Waals surface area contributed by atoms with Crippen LogP contribution in [0.1, 0.15) is 11.1 Å². The van der Waals surface area contributed by atoms with Crippen molar-refractivity contribution >= 4 is 5.91 Å². The van der Waals surface area contributed by atoms with E-state index in [0.29, 0.717) is 29.8 Å². The lowest BCUT2D eigenvalue weighted by molar-refractivity contribution is -0.123. The van der Waals surface area contributed by atoms with E-state index in [4.69, 9.17) is 10.00 Å². The minimum absolute atomic E-state index is 0.122. The molecule has 22 heavy (non-hydrogen) atoms. The summed E-state index contributed by atoms with van der Waals surface area (Å²) in [5, 5.41) is 11.3. The van der Waals surface area contributed by atoms with E-state index in [-0.39, 0.29) is 18.3 Å². The van der Waals surface area contributed by atoms with Gasteiger partial charge >= 0.3 is 0 Å². The molecule has 0 aliphatic carbocycles. The standard InChI is InChI=1S/C17H15FN2O2/c18-16-4-2-1-3-14(16)9-10-20-17(21)12-22-15-7-5-13(11-19)6-8-15/h1-8H,9-10,12H2,(H,20,21). The number of hydrogen-bond acceptors (Lipinski definition) is 3. The van der Waals surface area contributed by atoms with Gasteiger partial charge in [-0.2, -0.15) is 5.26 Å². The third-order valence-electron chi connectivity index (χ3n) is 3.03. The molecule has 1 N–H and O–H groups in total. The summed E-state index contributed by atoms with van der Waals surface area (Å²) in [4.78, 5) is 11.6. The first-order chi connectivity index (χ1) is 10.7. The molecule has 0 saturated carbocycles. The SMILES string of the molecule is N#Cc1ccc(OCC(=O)NCCc2ccccc2F)cc1. The fraction of sp³-hybridized carbons (Fsp3) is 0.176. The number of hydrogen-bond donors (Lipinski definition) is 1. The number of amides is 1. The zero-order valence-corrected chi connectivity index (χ0v) is 11.9. The van der Waals surface area contributed by atoms with Crippen LogP contribution >= 0.6 is 0 Å². The van der Waals surface area contributed by atoms with Gasteiger partial charge in [0.05, 0.1) is 11.6 Å². The van der Waals surface area contributed by atoms with Crippen LogP contribution in [0.15, 0.2) is 48.5 Å². The second-order valence-corrected chi connectivity index (χ2v) is 4.62. The number of benzene rings is 2. The molecule has 0 bridgehead atoms. The summed E-state index contributed by atoms with van der Waals surface area (Å²) in [6.07, 6.45) is 0.426. The van der Waals surface area contributed by atoms with Crippen LogP contribution in [0.2, 0.25) is 0 Å². The highest BCUT2D eigenvalue weighted by atomic mass is 19.1. The maximum absolute atomic E-state index is 13.4. The van der Waals surface area contributed by atoms with Crippen LogP contribution in [-0.4, -0.2) is 19.1 Å². The van der Waals surface area contributed by atoms with Crippen molar-refractivity contribution in [3.8, 4) is 11.8 Å². The number of nitrogens with one attached hydrogen (secondary N) is 1. The minimum Gasteiger partial charge on any atom is -0.484 e. The molecule has 1 amide bonds. The molecular weight excluding hydrogens is 283 g/mol. The van der Waals surface area contributed by atoms with Gasteiger partial charge in [-0.25, -0.2) is 4.39 Å². The van der Waals surface area contributed by atoms with E-state index in [1.54, 1.807) is 42.5 Å². The minimum atomic E-state index is -0.277. The van der Waals surface area contributed by atoms with Crippen LogP contribution in [0.4, 0.5) is 4.39 Å². The van der Waals surface area contributed by atoms with Crippen molar-refractivity contribution in [3.63, 3.8) is 0 Å². The highest BCUT2D eigenvalue weighted by Gasteiger charge is 2.04. The van der Waals surface area contributed by atoms with Gasteiger partial charge in [0, 0.05) is 6.54 Å². The molecule has 0 radical (unpaired) electrons. The highest BCUT2D eigenvalue weighted by Crippen LogP contribution is 2.11. The van der Waals surface area contributed by atoms with E-state index in [9.17, 15) is 9.18 Å². The number of nitrogens with zero attached hydrogens (tertiary/aromatic N) is 1. The molecule has 0 aliphatic rings. The molecule has 2 rings (SSSR count). The fourth-order valence-electron chi connectivity index (χ4n) is 1.86. The average Bonchev–Trinajstić information content (AvgIpc) is 2.55. The van der Waals surface area contributed by atoms with Gasteiger partial charge < -0.3 is 10.1 Å². The van der Waals surface area contributed by atoms with Gasteiger partial charge in [-0.05, 0) is 42.3 Å².